The van der Waals surface area contributed by atoms with Gasteiger partial charge in [-0.25, -0.2) is 0 Å². The lowest BCUT2D eigenvalue weighted by molar-refractivity contribution is 0.0962. The summed E-state index contributed by atoms with van der Waals surface area (Å²) in [7, 11) is 0. The Morgan fingerprint density at radius 1 is 1.44 bits per heavy atom. The number of hydrogen-bond acceptors (Lipinski definition) is 3. The average Bonchev–Trinajstić information content (AvgIpc) is 2.32. The predicted molar refractivity (Wildman–Crippen MR) is 64.2 cm³/mol. The second-order valence-corrected chi connectivity index (χ2v) is 4.94. The number of aliphatic hydroxyl groups is 1. The molecule has 0 aliphatic heterocycles. The molecule has 2 rings (SSSR count). The van der Waals surface area contributed by atoms with Crippen molar-refractivity contribution < 1.29 is 5.11 Å². The molecule has 1 fully saturated rings. The number of aliphatic hydroxyl groups excluding tert-OH is 1. The Kier molecular flexibility index (Phi) is 3.26. The van der Waals surface area contributed by atoms with Crippen LogP contribution in [0.15, 0.2) is 18.3 Å². The highest BCUT2D eigenvalue weighted by molar-refractivity contribution is 5.22. The third kappa shape index (κ3) is 2.11. The highest BCUT2D eigenvalue weighted by Gasteiger charge is 2.36. The Morgan fingerprint density at radius 2 is 2.12 bits per heavy atom. The van der Waals surface area contributed by atoms with Crippen molar-refractivity contribution >= 4 is 0 Å². The van der Waals surface area contributed by atoms with Gasteiger partial charge in [-0.1, -0.05) is 6.07 Å². The molecule has 1 heterocycles. The average molecular weight is 220 g/mol. The van der Waals surface area contributed by atoms with Crippen LogP contribution >= 0.6 is 0 Å². The van der Waals surface area contributed by atoms with Gasteiger partial charge in [-0.15, -0.1) is 0 Å². The Balaban J connectivity index is 2.24. The van der Waals surface area contributed by atoms with Gasteiger partial charge < -0.3 is 10.8 Å². The van der Waals surface area contributed by atoms with Crippen molar-refractivity contribution in [3.63, 3.8) is 0 Å². The van der Waals surface area contributed by atoms with Crippen LogP contribution in [0, 0.1) is 6.92 Å². The van der Waals surface area contributed by atoms with Gasteiger partial charge in [0.05, 0.1) is 6.10 Å². The summed E-state index contributed by atoms with van der Waals surface area (Å²) in [5.41, 5.74) is 8.19. The molecule has 0 amide bonds. The number of pyridine rings is 1. The van der Waals surface area contributed by atoms with Crippen LogP contribution in [0.2, 0.25) is 0 Å². The monoisotopic (exact) mass is 220 g/mol. The molecule has 88 valence electrons. The first kappa shape index (κ1) is 11.6. The molecule has 1 saturated carbocycles. The zero-order valence-electron chi connectivity index (χ0n) is 9.82. The summed E-state index contributed by atoms with van der Waals surface area (Å²) in [6.45, 7) is 2.66. The van der Waals surface area contributed by atoms with Crippen LogP contribution in [0.5, 0.6) is 0 Å². The Morgan fingerprint density at radius 3 is 2.62 bits per heavy atom. The number of hydrogen-bond donors (Lipinski definition) is 2. The summed E-state index contributed by atoms with van der Waals surface area (Å²) in [6.07, 6.45) is 5.32. The number of rotatable bonds is 2. The minimum absolute atomic E-state index is 0.00701. The molecule has 0 bridgehead atoms. The maximum absolute atomic E-state index is 9.57. The molecule has 0 spiro atoms. The molecule has 0 unspecified atom stereocenters. The maximum atomic E-state index is 9.57. The SMILES string of the molecule is Cc1ccc(C2(CN)CCC(O)CC2)nc1. The van der Waals surface area contributed by atoms with Crippen LogP contribution in [-0.2, 0) is 5.41 Å². The normalized spacial score (nSPS) is 30.3. The van der Waals surface area contributed by atoms with E-state index in [1.807, 2.05) is 13.1 Å². The molecule has 3 nitrogen and oxygen atoms in total. The lowest BCUT2D eigenvalue weighted by atomic mass is 9.71. The smallest absolute Gasteiger partial charge is 0.0541 e. The fourth-order valence-electron chi connectivity index (χ4n) is 2.50. The van der Waals surface area contributed by atoms with Gasteiger partial charge in [0.25, 0.3) is 0 Å². The largest absolute Gasteiger partial charge is 0.393 e. The van der Waals surface area contributed by atoms with Gasteiger partial charge >= 0.3 is 0 Å². The van der Waals surface area contributed by atoms with Crippen molar-refractivity contribution in [1.29, 1.82) is 0 Å². The first-order valence-electron chi connectivity index (χ1n) is 5.97. The summed E-state index contributed by atoms with van der Waals surface area (Å²) < 4.78 is 0. The second-order valence-electron chi connectivity index (χ2n) is 4.94. The third-order valence-corrected chi connectivity index (χ3v) is 3.76. The first-order valence-corrected chi connectivity index (χ1v) is 5.97. The van der Waals surface area contributed by atoms with E-state index < -0.39 is 0 Å². The van der Waals surface area contributed by atoms with E-state index in [9.17, 15) is 5.11 Å². The standard InChI is InChI=1S/C13H20N2O/c1-10-2-3-12(15-8-10)13(9-14)6-4-11(16)5-7-13/h2-3,8,11,16H,4-7,9,14H2,1H3. The van der Waals surface area contributed by atoms with Gasteiger partial charge in [-0.3, -0.25) is 4.98 Å². The number of aromatic nitrogens is 1. The molecule has 1 aromatic heterocycles. The van der Waals surface area contributed by atoms with Gasteiger partial charge in [0, 0.05) is 23.9 Å². The van der Waals surface area contributed by atoms with Gasteiger partial charge in [0.2, 0.25) is 0 Å². The lowest BCUT2D eigenvalue weighted by Crippen LogP contribution is -2.40. The molecule has 3 heteroatoms. The Bertz CT molecular complexity index is 339. The Labute approximate surface area is 96.7 Å². The van der Waals surface area contributed by atoms with Crippen molar-refractivity contribution in [3.8, 4) is 0 Å². The van der Waals surface area contributed by atoms with E-state index >= 15 is 0 Å². The van der Waals surface area contributed by atoms with E-state index in [1.54, 1.807) is 0 Å². The van der Waals surface area contributed by atoms with Crippen molar-refractivity contribution in [2.75, 3.05) is 6.54 Å². The van der Waals surface area contributed by atoms with E-state index in [0.29, 0.717) is 6.54 Å². The summed E-state index contributed by atoms with van der Waals surface area (Å²) in [5, 5.41) is 9.57. The third-order valence-electron chi connectivity index (χ3n) is 3.76. The molecule has 0 atom stereocenters. The van der Waals surface area contributed by atoms with Crippen LogP contribution in [0.25, 0.3) is 0 Å². The number of nitrogens with zero attached hydrogens (tertiary/aromatic N) is 1. The van der Waals surface area contributed by atoms with E-state index in [0.717, 1.165) is 31.4 Å². The summed E-state index contributed by atoms with van der Waals surface area (Å²) in [5.74, 6) is 0. The van der Waals surface area contributed by atoms with Crippen LogP contribution in [0.3, 0.4) is 0 Å². The predicted octanol–water partition coefficient (Wildman–Crippen LogP) is 1.52. The van der Waals surface area contributed by atoms with E-state index in [-0.39, 0.29) is 11.5 Å². The molecule has 3 N–H and O–H groups in total. The van der Waals surface area contributed by atoms with Crippen LogP contribution in [-0.4, -0.2) is 22.7 Å². The Hall–Kier alpha value is -0.930. The minimum atomic E-state index is -0.148. The molecular formula is C13H20N2O. The second kappa shape index (κ2) is 4.52. The zero-order valence-corrected chi connectivity index (χ0v) is 9.82. The fraction of sp³-hybridized carbons (Fsp3) is 0.615. The van der Waals surface area contributed by atoms with Crippen molar-refractivity contribution in [2.24, 2.45) is 5.73 Å². The van der Waals surface area contributed by atoms with Crippen LogP contribution in [0.4, 0.5) is 0 Å². The van der Waals surface area contributed by atoms with E-state index in [4.69, 9.17) is 5.73 Å². The molecular weight excluding hydrogens is 200 g/mol. The zero-order chi connectivity index (χ0) is 11.6. The van der Waals surface area contributed by atoms with Crippen molar-refractivity contribution in [1.82, 2.24) is 4.98 Å². The van der Waals surface area contributed by atoms with Gasteiger partial charge in [0.15, 0.2) is 0 Å². The topological polar surface area (TPSA) is 59.1 Å². The lowest BCUT2D eigenvalue weighted by Gasteiger charge is -2.37. The highest BCUT2D eigenvalue weighted by Crippen LogP contribution is 2.37. The van der Waals surface area contributed by atoms with E-state index in [2.05, 4.69) is 17.1 Å². The molecule has 1 aliphatic rings. The highest BCUT2D eigenvalue weighted by atomic mass is 16.3. The van der Waals surface area contributed by atoms with Crippen LogP contribution < -0.4 is 5.73 Å². The van der Waals surface area contributed by atoms with Gasteiger partial charge in [0.1, 0.15) is 0 Å². The molecule has 1 aliphatic carbocycles. The molecule has 0 aromatic carbocycles. The minimum Gasteiger partial charge on any atom is -0.393 e. The fourth-order valence-corrected chi connectivity index (χ4v) is 2.50. The quantitative estimate of drug-likeness (QED) is 0.794. The molecule has 16 heavy (non-hydrogen) atoms. The van der Waals surface area contributed by atoms with Gasteiger partial charge in [-0.2, -0.15) is 0 Å². The summed E-state index contributed by atoms with van der Waals surface area (Å²) in [6, 6.07) is 4.17. The van der Waals surface area contributed by atoms with Gasteiger partial charge in [-0.05, 0) is 44.2 Å². The first-order chi connectivity index (χ1) is 7.66. The maximum Gasteiger partial charge on any atom is 0.0541 e. The number of nitrogens with two attached hydrogens (primary N) is 1. The molecule has 1 aromatic rings. The van der Waals surface area contributed by atoms with Crippen molar-refractivity contribution in [2.45, 2.75) is 44.1 Å². The molecule has 0 radical (unpaired) electrons. The summed E-state index contributed by atoms with van der Waals surface area (Å²) >= 11 is 0. The summed E-state index contributed by atoms with van der Waals surface area (Å²) in [4.78, 5) is 4.51. The van der Waals surface area contributed by atoms with Crippen LogP contribution in [0.1, 0.15) is 36.9 Å². The van der Waals surface area contributed by atoms with E-state index in [1.165, 1.54) is 5.56 Å². The number of aryl methyl sites for hydroxylation is 1. The molecule has 0 saturated heterocycles. The van der Waals surface area contributed by atoms with Crippen molar-refractivity contribution in [3.05, 3.63) is 29.6 Å².